The van der Waals surface area contributed by atoms with Crippen LogP contribution < -0.4 is 10.6 Å². The summed E-state index contributed by atoms with van der Waals surface area (Å²) >= 11 is 1.86. The van der Waals surface area contributed by atoms with Crippen LogP contribution in [0.2, 0.25) is 0 Å². The van der Waals surface area contributed by atoms with Crippen LogP contribution >= 0.6 is 11.8 Å². The quantitative estimate of drug-likeness (QED) is 0.594. The maximum atomic E-state index is 11.3. The average Bonchev–Trinajstić information content (AvgIpc) is 2.23. The second kappa shape index (κ2) is 10.3. The molecule has 0 aliphatic rings. The number of hydrogen-bond acceptors (Lipinski definition) is 3. The molecule has 0 aliphatic carbocycles. The molecule has 4 heteroatoms. The van der Waals surface area contributed by atoms with Gasteiger partial charge in [-0.15, -0.1) is 0 Å². The molecule has 3 nitrogen and oxygen atoms in total. The molecule has 0 saturated heterocycles. The lowest BCUT2D eigenvalue weighted by molar-refractivity contribution is -0.121. The van der Waals surface area contributed by atoms with E-state index in [1.807, 2.05) is 18.7 Å². The van der Waals surface area contributed by atoms with Crippen LogP contribution in [0.25, 0.3) is 0 Å². The fraction of sp³-hybridized carbons (Fsp3) is 0.909. The Morgan fingerprint density at radius 1 is 1.40 bits per heavy atom. The molecular weight excluding hydrogens is 208 g/mol. The molecular formula is C11H24N2OS. The Bertz CT molecular complexity index is 165. The Hall–Kier alpha value is -0.220. The van der Waals surface area contributed by atoms with E-state index in [1.54, 1.807) is 0 Å². The first-order valence-corrected chi connectivity index (χ1v) is 7.09. The topological polar surface area (TPSA) is 41.1 Å². The zero-order valence-electron chi connectivity index (χ0n) is 10.1. The van der Waals surface area contributed by atoms with Gasteiger partial charge in [-0.1, -0.05) is 6.92 Å². The fourth-order valence-corrected chi connectivity index (χ4v) is 1.55. The standard InChI is InChI=1S/C11H24N2OS/c1-4-10(2)13-11(14)6-8-12-7-5-9-15-3/h10,12H,4-9H2,1-3H3,(H,13,14). The van der Waals surface area contributed by atoms with E-state index in [4.69, 9.17) is 0 Å². The van der Waals surface area contributed by atoms with Crippen LogP contribution in [0.1, 0.15) is 33.1 Å². The van der Waals surface area contributed by atoms with Crippen LogP contribution in [0, 0.1) is 0 Å². The lowest BCUT2D eigenvalue weighted by Crippen LogP contribution is -2.34. The molecule has 15 heavy (non-hydrogen) atoms. The first-order valence-electron chi connectivity index (χ1n) is 5.69. The van der Waals surface area contributed by atoms with Crippen LogP contribution in [0.4, 0.5) is 0 Å². The van der Waals surface area contributed by atoms with Gasteiger partial charge in [-0.05, 0) is 38.3 Å². The van der Waals surface area contributed by atoms with Crippen LogP contribution in [0.15, 0.2) is 0 Å². The second-order valence-electron chi connectivity index (χ2n) is 3.72. The third kappa shape index (κ3) is 10.1. The maximum absolute atomic E-state index is 11.3. The Labute approximate surface area is 97.8 Å². The summed E-state index contributed by atoms with van der Waals surface area (Å²) in [6.07, 6.45) is 4.87. The van der Waals surface area contributed by atoms with Gasteiger partial charge in [-0.25, -0.2) is 0 Å². The van der Waals surface area contributed by atoms with E-state index in [-0.39, 0.29) is 5.91 Å². The number of nitrogens with one attached hydrogen (secondary N) is 2. The highest BCUT2D eigenvalue weighted by molar-refractivity contribution is 7.98. The molecule has 0 aromatic carbocycles. The van der Waals surface area contributed by atoms with Gasteiger partial charge in [0.05, 0.1) is 0 Å². The molecule has 0 aliphatic heterocycles. The van der Waals surface area contributed by atoms with Gasteiger partial charge in [0, 0.05) is 19.0 Å². The van der Waals surface area contributed by atoms with Crippen molar-refractivity contribution in [3.05, 3.63) is 0 Å². The average molecular weight is 232 g/mol. The largest absolute Gasteiger partial charge is 0.354 e. The van der Waals surface area contributed by atoms with Crippen LogP contribution in [0.3, 0.4) is 0 Å². The number of amides is 1. The molecule has 90 valence electrons. The number of rotatable bonds is 9. The molecule has 1 unspecified atom stereocenters. The van der Waals surface area contributed by atoms with Crippen molar-refractivity contribution < 1.29 is 4.79 Å². The van der Waals surface area contributed by atoms with Gasteiger partial charge in [-0.3, -0.25) is 4.79 Å². The summed E-state index contributed by atoms with van der Waals surface area (Å²) < 4.78 is 0. The molecule has 1 amide bonds. The van der Waals surface area contributed by atoms with E-state index in [1.165, 1.54) is 12.2 Å². The van der Waals surface area contributed by atoms with Gasteiger partial charge >= 0.3 is 0 Å². The van der Waals surface area contributed by atoms with E-state index in [0.29, 0.717) is 12.5 Å². The van der Waals surface area contributed by atoms with Crippen molar-refractivity contribution in [2.24, 2.45) is 0 Å². The highest BCUT2D eigenvalue weighted by Gasteiger charge is 2.03. The van der Waals surface area contributed by atoms with Gasteiger partial charge in [0.25, 0.3) is 0 Å². The van der Waals surface area contributed by atoms with E-state index < -0.39 is 0 Å². The van der Waals surface area contributed by atoms with Crippen molar-refractivity contribution >= 4 is 17.7 Å². The lowest BCUT2D eigenvalue weighted by atomic mass is 10.2. The van der Waals surface area contributed by atoms with Gasteiger partial charge in [0.1, 0.15) is 0 Å². The summed E-state index contributed by atoms with van der Waals surface area (Å²) in [4.78, 5) is 11.3. The molecule has 1 atom stereocenters. The summed E-state index contributed by atoms with van der Waals surface area (Å²) in [7, 11) is 0. The summed E-state index contributed by atoms with van der Waals surface area (Å²) in [5.41, 5.74) is 0. The van der Waals surface area contributed by atoms with Gasteiger partial charge < -0.3 is 10.6 Å². The Kier molecular flexibility index (Phi) is 10.2. The minimum Gasteiger partial charge on any atom is -0.354 e. The van der Waals surface area contributed by atoms with Gasteiger partial charge in [-0.2, -0.15) is 11.8 Å². The summed E-state index contributed by atoms with van der Waals surface area (Å²) in [6.45, 7) is 5.91. The molecule has 0 aromatic heterocycles. The number of carbonyl (C=O) groups is 1. The first kappa shape index (κ1) is 14.8. The highest BCUT2D eigenvalue weighted by Crippen LogP contribution is 1.93. The fourth-order valence-electron chi connectivity index (χ4n) is 1.12. The molecule has 0 rings (SSSR count). The molecule has 0 spiro atoms. The van der Waals surface area contributed by atoms with Gasteiger partial charge in [0.15, 0.2) is 0 Å². The highest BCUT2D eigenvalue weighted by atomic mass is 32.2. The van der Waals surface area contributed by atoms with Gasteiger partial charge in [0.2, 0.25) is 5.91 Å². The molecule has 0 bridgehead atoms. The number of thioether (sulfide) groups is 1. The molecule has 0 heterocycles. The van der Waals surface area contributed by atoms with Crippen molar-refractivity contribution in [2.45, 2.75) is 39.2 Å². The molecule has 0 saturated carbocycles. The monoisotopic (exact) mass is 232 g/mol. The van der Waals surface area contributed by atoms with Crippen LogP contribution in [-0.4, -0.2) is 37.0 Å². The van der Waals surface area contributed by atoms with E-state index in [0.717, 1.165) is 19.5 Å². The summed E-state index contributed by atoms with van der Waals surface area (Å²) in [5.74, 6) is 1.34. The molecule has 2 N–H and O–H groups in total. The van der Waals surface area contributed by atoms with Crippen molar-refractivity contribution in [2.75, 3.05) is 25.1 Å². The van der Waals surface area contributed by atoms with E-state index >= 15 is 0 Å². The Morgan fingerprint density at radius 3 is 2.73 bits per heavy atom. The zero-order valence-corrected chi connectivity index (χ0v) is 11.0. The summed E-state index contributed by atoms with van der Waals surface area (Å²) in [6, 6.07) is 0.300. The molecule has 0 aromatic rings. The summed E-state index contributed by atoms with van der Waals surface area (Å²) in [5, 5.41) is 6.22. The van der Waals surface area contributed by atoms with E-state index in [9.17, 15) is 4.79 Å². The van der Waals surface area contributed by atoms with Crippen molar-refractivity contribution in [3.63, 3.8) is 0 Å². The number of hydrogen-bond donors (Lipinski definition) is 2. The third-order valence-electron chi connectivity index (χ3n) is 2.25. The third-order valence-corrected chi connectivity index (χ3v) is 2.95. The van der Waals surface area contributed by atoms with E-state index in [2.05, 4.69) is 23.8 Å². The predicted octanol–water partition coefficient (Wildman–Crippen LogP) is 1.63. The minimum atomic E-state index is 0.154. The van der Waals surface area contributed by atoms with Crippen molar-refractivity contribution in [1.29, 1.82) is 0 Å². The first-order chi connectivity index (χ1) is 7.20. The predicted molar refractivity (Wildman–Crippen MR) is 68.4 cm³/mol. The molecule has 0 fully saturated rings. The van der Waals surface area contributed by atoms with Crippen molar-refractivity contribution in [1.82, 2.24) is 10.6 Å². The van der Waals surface area contributed by atoms with Crippen LogP contribution in [-0.2, 0) is 4.79 Å². The SMILES string of the molecule is CCC(C)NC(=O)CCNCCCSC. The normalized spacial score (nSPS) is 12.5. The zero-order chi connectivity index (χ0) is 11.5. The number of carbonyl (C=O) groups excluding carboxylic acids is 1. The maximum Gasteiger partial charge on any atom is 0.221 e. The Balaban J connectivity index is 3.24. The smallest absolute Gasteiger partial charge is 0.221 e. The minimum absolute atomic E-state index is 0.154. The van der Waals surface area contributed by atoms with Crippen LogP contribution in [0.5, 0.6) is 0 Å². The lowest BCUT2D eigenvalue weighted by Gasteiger charge is -2.11. The second-order valence-corrected chi connectivity index (χ2v) is 4.71. The van der Waals surface area contributed by atoms with Crippen molar-refractivity contribution in [3.8, 4) is 0 Å². The molecule has 0 radical (unpaired) electrons. The Morgan fingerprint density at radius 2 is 2.13 bits per heavy atom.